The van der Waals surface area contributed by atoms with Gasteiger partial charge in [0.25, 0.3) is 0 Å². The van der Waals surface area contributed by atoms with Crippen LogP contribution in [0, 0.1) is 0 Å². The number of hydrogen-bond acceptors (Lipinski definition) is 5. The van der Waals surface area contributed by atoms with Gasteiger partial charge in [0.1, 0.15) is 0 Å². The lowest BCUT2D eigenvalue weighted by atomic mass is 10.1. The van der Waals surface area contributed by atoms with Crippen molar-refractivity contribution < 1.29 is 19.0 Å². The van der Waals surface area contributed by atoms with E-state index in [1.54, 1.807) is 21.3 Å². The first-order chi connectivity index (χ1) is 11.2. The molecule has 0 bridgehead atoms. The zero-order chi connectivity index (χ0) is 16.7. The van der Waals surface area contributed by atoms with Gasteiger partial charge >= 0.3 is 0 Å². The van der Waals surface area contributed by atoms with E-state index in [0.717, 1.165) is 31.5 Å². The molecule has 1 heterocycles. The Kier molecular flexibility index (Phi) is 8.71. The molecule has 1 fully saturated rings. The number of aryl methyl sites for hydroxylation is 1. The lowest BCUT2D eigenvalue weighted by Gasteiger charge is -2.23. The minimum atomic E-state index is 0. The molecule has 6 nitrogen and oxygen atoms in total. The van der Waals surface area contributed by atoms with Gasteiger partial charge in [0.2, 0.25) is 11.7 Å². The van der Waals surface area contributed by atoms with Crippen LogP contribution in [0.15, 0.2) is 12.1 Å². The van der Waals surface area contributed by atoms with Crippen LogP contribution in [-0.2, 0) is 11.2 Å². The Morgan fingerprint density at radius 1 is 1.21 bits per heavy atom. The highest BCUT2D eigenvalue weighted by Crippen LogP contribution is 2.38. The van der Waals surface area contributed by atoms with Crippen LogP contribution in [0.4, 0.5) is 0 Å². The number of carbonyl (C=O) groups excluding carboxylic acids is 1. The van der Waals surface area contributed by atoms with Crippen molar-refractivity contribution in [3.8, 4) is 17.2 Å². The maximum atomic E-state index is 12.1. The zero-order valence-corrected chi connectivity index (χ0v) is 15.3. The van der Waals surface area contributed by atoms with Crippen LogP contribution in [-0.4, -0.2) is 46.4 Å². The fourth-order valence-corrected chi connectivity index (χ4v) is 2.81. The number of piperidine rings is 1. The predicted octanol–water partition coefficient (Wildman–Crippen LogP) is 1.94. The molecule has 0 aliphatic carbocycles. The molecule has 1 aromatic rings. The lowest BCUT2D eigenvalue weighted by molar-refractivity contribution is -0.121. The van der Waals surface area contributed by atoms with Crippen molar-refractivity contribution in [2.45, 2.75) is 31.7 Å². The minimum absolute atomic E-state index is 0. The Hall–Kier alpha value is -1.66. The number of hydrogen-bond donors (Lipinski definition) is 2. The molecule has 0 unspecified atom stereocenters. The summed E-state index contributed by atoms with van der Waals surface area (Å²) in [6, 6.07) is 4.02. The van der Waals surface area contributed by atoms with Crippen LogP contribution in [0.5, 0.6) is 17.2 Å². The Bertz CT molecular complexity index is 508. The van der Waals surface area contributed by atoms with Crippen LogP contribution >= 0.6 is 12.4 Å². The smallest absolute Gasteiger partial charge is 0.220 e. The number of ether oxygens (including phenoxy) is 3. The first kappa shape index (κ1) is 20.4. The highest BCUT2D eigenvalue weighted by molar-refractivity contribution is 5.85. The molecule has 0 saturated carbocycles. The van der Waals surface area contributed by atoms with E-state index in [4.69, 9.17) is 14.2 Å². The van der Waals surface area contributed by atoms with Crippen molar-refractivity contribution in [2.75, 3.05) is 34.4 Å². The van der Waals surface area contributed by atoms with E-state index < -0.39 is 0 Å². The maximum Gasteiger partial charge on any atom is 0.220 e. The topological polar surface area (TPSA) is 68.8 Å². The molecule has 1 atom stereocenters. The van der Waals surface area contributed by atoms with Gasteiger partial charge in [-0.2, -0.15) is 0 Å². The van der Waals surface area contributed by atoms with Crippen molar-refractivity contribution in [3.63, 3.8) is 0 Å². The van der Waals surface area contributed by atoms with Crippen molar-refractivity contribution in [1.29, 1.82) is 0 Å². The SMILES string of the molecule is COc1cc(CCC(=O)N[C@H]2CCCNC2)cc(OC)c1OC.Cl. The number of carbonyl (C=O) groups is 1. The summed E-state index contributed by atoms with van der Waals surface area (Å²) in [5.74, 6) is 1.86. The van der Waals surface area contributed by atoms with Gasteiger partial charge in [0, 0.05) is 19.0 Å². The number of nitrogens with one attached hydrogen (secondary N) is 2. The van der Waals surface area contributed by atoms with Gasteiger partial charge in [-0.3, -0.25) is 4.79 Å². The molecule has 136 valence electrons. The summed E-state index contributed by atoms with van der Waals surface area (Å²) >= 11 is 0. The fraction of sp³-hybridized carbons (Fsp3) is 0.588. The van der Waals surface area contributed by atoms with Crippen LogP contribution in [0.25, 0.3) is 0 Å². The highest BCUT2D eigenvalue weighted by Gasteiger charge is 2.16. The average Bonchev–Trinajstić information content (AvgIpc) is 2.59. The third kappa shape index (κ3) is 5.46. The number of benzene rings is 1. The molecule has 0 aromatic heterocycles. The highest BCUT2D eigenvalue weighted by atomic mass is 35.5. The summed E-state index contributed by atoms with van der Waals surface area (Å²) in [7, 11) is 4.75. The molecule has 1 saturated heterocycles. The molecular weight excluding hydrogens is 332 g/mol. The van der Waals surface area contributed by atoms with E-state index >= 15 is 0 Å². The van der Waals surface area contributed by atoms with Crippen LogP contribution in [0.3, 0.4) is 0 Å². The second-order valence-corrected chi connectivity index (χ2v) is 5.64. The molecule has 1 aliphatic rings. The summed E-state index contributed by atoms with van der Waals surface area (Å²) in [5.41, 5.74) is 0.983. The van der Waals surface area contributed by atoms with E-state index in [-0.39, 0.29) is 24.4 Å². The predicted molar refractivity (Wildman–Crippen MR) is 95.7 cm³/mol. The second-order valence-electron chi connectivity index (χ2n) is 5.64. The largest absolute Gasteiger partial charge is 0.493 e. The number of rotatable bonds is 7. The van der Waals surface area contributed by atoms with Crippen molar-refractivity contribution >= 4 is 18.3 Å². The summed E-state index contributed by atoms with van der Waals surface area (Å²) in [6.45, 7) is 1.90. The molecule has 0 radical (unpaired) electrons. The fourth-order valence-electron chi connectivity index (χ4n) is 2.81. The molecule has 1 amide bonds. The first-order valence-corrected chi connectivity index (χ1v) is 7.97. The number of amides is 1. The van der Waals surface area contributed by atoms with Gasteiger partial charge < -0.3 is 24.8 Å². The van der Waals surface area contributed by atoms with E-state index in [2.05, 4.69) is 10.6 Å². The molecule has 1 aromatic carbocycles. The second kappa shape index (κ2) is 10.3. The minimum Gasteiger partial charge on any atom is -0.493 e. The van der Waals surface area contributed by atoms with Gasteiger partial charge in [-0.15, -0.1) is 12.4 Å². The van der Waals surface area contributed by atoms with Crippen molar-refractivity contribution in [3.05, 3.63) is 17.7 Å². The standard InChI is InChI=1S/C17H26N2O4.ClH/c1-21-14-9-12(10-15(22-2)17(14)23-3)6-7-16(20)19-13-5-4-8-18-11-13;/h9-10,13,18H,4-8,11H2,1-3H3,(H,19,20);1H/t13-;/m0./s1. The van der Waals surface area contributed by atoms with E-state index in [9.17, 15) is 4.79 Å². The van der Waals surface area contributed by atoms with E-state index in [1.807, 2.05) is 12.1 Å². The van der Waals surface area contributed by atoms with Gasteiger partial charge in [-0.1, -0.05) is 0 Å². The normalized spacial score (nSPS) is 16.7. The molecule has 2 N–H and O–H groups in total. The Balaban J connectivity index is 0.00000288. The van der Waals surface area contributed by atoms with Crippen molar-refractivity contribution in [1.82, 2.24) is 10.6 Å². The summed E-state index contributed by atoms with van der Waals surface area (Å²) < 4.78 is 16.0. The molecule has 2 rings (SSSR count). The average molecular weight is 359 g/mol. The quantitative estimate of drug-likeness (QED) is 0.779. The lowest BCUT2D eigenvalue weighted by Crippen LogP contribution is -2.45. The van der Waals surface area contributed by atoms with Crippen LogP contribution in [0.2, 0.25) is 0 Å². The molecule has 24 heavy (non-hydrogen) atoms. The molecule has 1 aliphatic heterocycles. The van der Waals surface area contributed by atoms with Crippen molar-refractivity contribution in [2.24, 2.45) is 0 Å². The number of halogens is 1. The van der Waals surface area contributed by atoms with Gasteiger partial charge in [-0.25, -0.2) is 0 Å². The monoisotopic (exact) mass is 358 g/mol. The van der Waals surface area contributed by atoms with Gasteiger partial charge in [-0.05, 0) is 43.5 Å². The molecule has 0 spiro atoms. The van der Waals surface area contributed by atoms with Gasteiger partial charge in [0.15, 0.2) is 11.5 Å². The Labute approximate surface area is 149 Å². The summed E-state index contributed by atoms with van der Waals surface area (Å²) in [4.78, 5) is 12.1. The van der Waals surface area contributed by atoms with Crippen LogP contribution < -0.4 is 24.8 Å². The third-order valence-electron chi connectivity index (χ3n) is 4.03. The first-order valence-electron chi connectivity index (χ1n) is 7.97. The Morgan fingerprint density at radius 2 is 1.88 bits per heavy atom. The third-order valence-corrected chi connectivity index (χ3v) is 4.03. The Morgan fingerprint density at radius 3 is 2.38 bits per heavy atom. The zero-order valence-electron chi connectivity index (χ0n) is 14.5. The van der Waals surface area contributed by atoms with E-state index in [0.29, 0.717) is 30.1 Å². The summed E-state index contributed by atoms with van der Waals surface area (Å²) in [6.07, 6.45) is 3.22. The summed E-state index contributed by atoms with van der Waals surface area (Å²) in [5, 5.41) is 6.38. The molecule has 7 heteroatoms. The van der Waals surface area contributed by atoms with Crippen LogP contribution in [0.1, 0.15) is 24.8 Å². The van der Waals surface area contributed by atoms with E-state index in [1.165, 1.54) is 0 Å². The van der Waals surface area contributed by atoms with Gasteiger partial charge in [0.05, 0.1) is 21.3 Å². The maximum absolute atomic E-state index is 12.1. The molecular formula is C17H27ClN2O4. The number of methoxy groups -OCH3 is 3.